The first-order chi connectivity index (χ1) is 15.9. The van der Waals surface area contributed by atoms with Crippen LogP contribution in [0.25, 0.3) is 0 Å². The average Bonchev–Trinajstić information content (AvgIpc) is 3.11. The first kappa shape index (κ1) is 27.7. The number of ether oxygens (including phenoxy) is 1. The first-order valence-electron chi connectivity index (χ1n) is 12.9. The van der Waals surface area contributed by atoms with Gasteiger partial charge in [0.25, 0.3) is 0 Å². The van der Waals surface area contributed by atoms with Crippen molar-refractivity contribution in [2.24, 2.45) is 5.92 Å². The van der Waals surface area contributed by atoms with Crippen molar-refractivity contribution in [3.63, 3.8) is 0 Å². The Morgan fingerprint density at radius 3 is 2.34 bits per heavy atom. The van der Waals surface area contributed by atoms with Crippen LogP contribution in [-0.4, -0.2) is 70.7 Å². The van der Waals surface area contributed by atoms with Crippen molar-refractivity contribution in [3.8, 4) is 0 Å². The normalized spacial score (nSPS) is 21.0. The molecule has 0 spiro atoms. The van der Waals surface area contributed by atoms with Gasteiger partial charge < -0.3 is 19.0 Å². The van der Waals surface area contributed by atoms with Crippen LogP contribution in [0.4, 0.5) is 4.79 Å². The number of hydrogen-bond donors (Lipinski definition) is 0. The van der Waals surface area contributed by atoms with Crippen LogP contribution in [-0.2, 0) is 33.5 Å². The van der Waals surface area contributed by atoms with Crippen molar-refractivity contribution in [2.45, 2.75) is 111 Å². The van der Waals surface area contributed by atoms with Gasteiger partial charge in [-0.05, 0) is 59.2 Å². The van der Waals surface area contributed by atoms with E-state index in [1.165, 1.54) is 0 Å². The molecule has 3 rings (SSSR count). The van der Waals surface area contributed by atoms with E-state index in [1.54, 1.807) is 4.90 Å². The zero-order valence-corrected chi connectivity index (χ0v) is 24.5. The zero-order chi connectivity index (χ0) is 26.4. The molecule has 198 valence electrons. The van der Waals surface area contributed by atoms with Crippen LogP contribution in [0.5, 0.6) is 0 Å². The van der Waals surface area contributed by atoms with E-state index in [4.69, 9.17) is 9.16 Å². The number of carbonyl (C=O) groups is 2. The molecule has 1 unspecified atom stereocenters. The van der Waals surface area contributed by atoms with Crippen molar-refractivity contribution in [1.82, 2.24) is 19.6 Å². The average molecular weight is 507 g/mol. The Balaban J connectivity index is 1.67. The second-order valence-electron chi connectivity index (χ2n) is 13.3. The van der Waals surface area contributed by atoms with Gasteiger partial charge in [0.2, 0.25) is 5.91 Å². The highest BCUT2D eigenvalue weighted by Gasteiger charge is 2.43. The van der Waals surface area contributed by atoms with Gasteiger partial charge in [-0.2, -0.15) is 5.10 Å². The highest BCUT2D eigenvalue weighted by molar-refractivity contribution is 6.74. The minimum Gasteiger partial charge on any atom is -0.444 e. The lowest BCUT2D eigenvalue weighted by Crippen LogP contribution is -2.63. The summed E-state index contributed by atoms with van der Waals surface area (Å²) in [5.41, 5.74) is 1.23. The Morgan fingerprint density at radius 2 is 1.77 bits per heavy atom. The van der Waals surface area contributed by atoms with Crippen molar-refractivity contribution in [3.05, 3.63) is 17.5 Å². The molecule has 1 fully saturated rings. The highest BCUT2D eigenvalue weighted by atomic mass is 28.4. The van der Waals surface area contributed by atoms with E-state index >= 15 is 0 Å². The molecule has 8 nitrogen and oxygen atoms in total. The number of hydrogen-bond acceptors (Lipinski definition) is 5. The maximum Gasteiger partial charge on any atom is 0.410 e. The van der Waals surface area contributed by atoms with Crippen LogP contribution in [0.3, 0.4) is 0 Å². The van der Waals surface area contributed by atoms with Crippen LogP contribution in [0, 0.1) is 5.92 Å². The highest BCUT2D eigenvalue weighted by Crippen LogP contribution is 2.37. The summed E-state index contributed by atoms with van der Waals surface area (Å²) in [5, 5.41) is 4.73. The van der Waals surface area contributed by atoms with Crippen LogP contribution in [0.2, 0.25) is 18.1 Å². The molecule has 0 aliphatic carbocycles. The first-order valence-corrected chi connectivity index (χ1v) is 15.8. The van der Waals surface area contributed by atoms with E-state index in [1.807, 2.05) is 50.4 Å². The molecule has 1 saturated heterocycles. The molecule has 3 heterocycles. The lowest BCUT2D eigenvalue weighted by atomic mass is 9.90. The number of nitrogens with zero attached hydrogens (tertiary/aromatic N) is 4. The third-order valence-corrected chi connectivity index (χ3v) is 12.2. The summed E-state index contributed by atoms with van der Waals surface area (Å²) in [6.45, 7) is 23.7. The molecular formula is C26H46N4O4Si. The minimum absolute atomic E-state index is 0.0850. The number of fused-ring (bicyclic) bond motifs is 1. The fraction of sp³-hybridized carbons (Fsp3) is 0.808. The summed E-state index contributed by atoms with van der Waals surface area (Å²) < 4.78 is 14.1. The molecule has 0 N–H and O–H groups in total. The van der Waals surface area contributed by atoms with E-state index in [2.05, 4.69) is 39.0 Å². The zero-order valence-electron chi connectivity index (χ0n) is 23.5. The number of carbonyl (C=O) groups excluding carboxylic acids is 2. The largest absolute Gasteiger partial charge is 0.444 e. The standard InChI is InChI=1S/C26H46N4O4Si/c1-24(2,3)34-23(32)28-13-14-29(26(7,8)18-28)22(31)19-11-12-30-21(15-19)20(16-27-30)17-33-35(9,10)25(4,5)6/h16,19H,11-15,17-18H2,1-10H3. The lowest BCUT2D eigenvalue weighted by Gasteiger charge is -2.48. The van der Waals surface area contributed by atoms with E-state index in [9.17, 15) is 9.59 Å². The van der Waals surface area contributed by atoms with E-state index in [0.29, 0.717) is 32.7 Å². The molecule has 2 amide bonds. The Labute approximate surface area is 212 Å². The van der Waals surface area contributed by atoms with Gasteiger partial charge in [-0.25, -0.2) is 4.79 Å². The Hall–Kier alpha value is -1.87. The second-order valence-corrected chi connectivity index (χ2v) is 18.1. The maximum atomic E-state index is 13.7. The fourth-order valence-corrected chi connectivity index (χ4v) is 5.51. The summed E-state index contributed by atoms with van der Waals surface area (Å²) >= 11 is 0. The van der Waals surface area contributed by atoms with E-state index in [-0.39, 0.29) is 23.0 Å². The number of aryl methyl sites for hydroxylation is 1. The van der Waals surface area contributed by atoms with Crippen molar-refractivity contribution >= 4 is 20.3 Å². The van der Waals surface area contributed by atoms with Gasteiger partial charge >= 0.3 is 6.09 Å². The molecule has 0 saturated carbocycles. The van der Waals surface area contributed by atoms with Crippen molar-refractivity contribution in [2.75, 3.05) is 19.6 Å². The summed E-state index contributed by atoms with van der Waals surface area (Å²) in [4.78, 5) is 30.0. The fourth-order valence-electron chi connectivity index (χ4n) is 4.56. The number of aromatic nitrogens is 2. The molecule has 0 aromatic carbocycles. The predicted octanol–water partition coefficient (Wildman–Crippen LogP) is 4.83. The molecule has 35 heavy (non-hydrogen) atoms. The monoisotopic (exact) mass is 506 g/mol. The van der Waals surface area contributed by atoms with Crippen LogP contribution in [0.1, 0.15) is 73.1 Å². The molecule has 1 aromatic rings. The van der Waals surface area contributed by atoms with Crippen LogP contribution >= 0.6 is 0 Å². The SMILES string of the molecule is CC(C)(C)OC(=O)N1CCN(C(=O)C2CCn3ncc(CO[Si](C)(C)C(C)(C)C)c3C2)C(C)(C)C1. The maximum absolute atomic E-state index is 13.7. The van der Waals surface area contributed by atoms with E-state index < -0.39 is 19.5 Å². The smallest absolute Gasteiger partial charge is 0.410 e. The van der Waals surface area contributed by atoms with Gasteiger partial charge in [0.1, 0.15) is 5.60 Å². The van der Waals surface area contributed by atoms with Crippen LogP contribution < -0.4 is 0 Å². The second kappa shape index (κ2) is 9.54. The van der Waals surface area contributed by atoms with Crippen molar-refractivity contribution < 1.29 is 18.8 Å². The minimum atomic E-state index is -1.88. The Morgan fingerprint density at radius 1 is 1.11 bits per heavy atom. The molecule has 2 aliphatic heterocycles. The van der Waals surface area contributed by atoms with Gasteiger partial charge in [0, 0.05) is 49.8 Å². The summed E-state index contributed by atoms with van der Waals surface area (Å²) in [5.74, 6) is 0.0840. The van der Waals surface area contributed by atoms with Gasteiger partial charge in [0.15, 0.2) is 8.32 Å². The van der Waals surface area contributed by atoms with Crippen molar-refractivity contribution in [1.29, 1.82) is 0 Å². The Bertz CT molecular complexity index is 942. The molecule has 1 aromatic heterocycles. The third kappa shape index (κ3) is 6.28. The molecule has 0 bridgehead atoms. The molecular weight excluding hydrogens is 460 g/mol. The summed E-state index contributed by atoms with van der Waals surface area (Å²) in [6, 6.07) is 0. The topological polar surface area (TPSA) is 76.9 Å². The Kier molecular flexibility index (Phi) is 7.55. The predicted molar refractivity (Wildman–Crippen MR) is 140 cm³/mol. The number of rotatable bonds is 4. The number of amides is 2. The van der Waals surface area contributed by atoms with Gasteiger partial charge in [0.05, 0.1) is 18.3 Å². The van der Waals surface area contributed by atoms with Crippen LogP contribution in [0.15, 0.2) is 6.20 Å². The van der Waals surface area contributed by atoms with Gasteiger partial charge in [-0.15, -0.1) is 0 Å². The number of piperazine rings is 1. The summed E-state index contributed by atoms with van der Waals surface area (Å²) in [6.07, 6.45) is 3.06. The van der Waals surface area contributed by atoms with Gasteiger partial charge in [-0.1, -0.05) is 20.8 Å². The molecule has 2 aliphatic rings. The molecule has 9 heteroatoms. The molecule has 1 atom stereocenters. The van der Waals surface area contributed by atoms with Gasteiger partial charge in [-0.3, -0.25) is 9.48 Å². The summed E-state index contributed by atoms with van der Waals surface area (Å²) in [7, 11) is -1.88. The quantitative estimate of drug-likeness (QED) is 0.547. The third-order valence-electron chi connectivity index (χ3n) is 7.73. The lowest BCUT2D eigenvalue weighted by molar-refractivity contribution is -0.145. The van der Waals surface area contributed by atoms with E-state index in [0.717, 1.165) is 24.2 Å². The molecule has 0 radical (unpaired) electrons.